The number of carbonyl (C=O) groups excluding carboxylic acids is 1. The van der Waals surface area contributed by atoms with E-state index in [9.17, 15) is 4.79 Å². The highest BCUT2D eigenvalue weighted by Crippen LogP contribution is 2.34. The summed E-state index contributed by atoms with van der Waals surface area (Å²) in [4.78, 5) is 16.8. The lowest BCUT2D eigenvalue weighted by atomic mass is 10.1. The Bertz CT molecular complexity index is 1100. The minimum Gasteiger partial charge on any atom is -0.490 e. The van der Waals surface area contributed by atoms with Crippen molar-refractivity contribution in [3.8, 4) is 17.2 Å². The fourth-order valence-electron chi connectivity index (χ4n) is 2.75. The molecule has 0 fully saturated rings. The Morgan fingerprint density at radius 3 is 2.81 bits per heavy atom. The monoisotopic (exact) mass is 378 g/mol. The standard InChI is InChI=1S/C21H18N2O3S/c1-3-25-17-6-4-5-15-11-18(26-19(15)17)16-12-27-21(22-16)23-20(24)14-9-7-13(2)8-10-14/h4-12H,3H2,1-2H3,(H,22,23,24). The van der Waals surface area contributed by atoms with Crippen LogP contribution in [-0.4, -0.2) is 17.5 Å². The molecular formula is C21H18N2O3S. The normalized spacial score (nSPS) is 10.9. The van der Waals surface area contributed by atoms with Gasteiger partial charge in [-0.2, -0.15) is 0 Å². The lowest BCUT2D eigenvalue weighted by molar-refractivity contribution is 0.102. The first-order chi connectivity index (χ1) is 13.1. The Morgan fingerprint density at radius 2 is 2.04 bits per heavy atom. The van der Waals surface area contributed by atoms with Gasteiger partial charge >= 0.3 is 0 Å². The molecule has 27 heavy (non-hydrogen) atoms. The molecule has 0 unspecified atom stereocenters. The van der Waals surface area contributed by atoms with Crippen LogP contribution in [0.3, 0.4) is 0 Å². The molecule has 0 bridgehead atoms. The number of anilines is 1. The quantitative estimate of drug-likeness (QED) is 0.497. The Hall–Kier alpha value is -3.12. The maximum Gasteiger partial charge on any atom is 0.257 e. The molecule has 5 nitrogen and oxygen atoms in total. The van der Waals surface area contributed by atoms with Gasteiger partial charge in [0.2, 0.25) is 0 Å². The molecule has 1 amide bonds. The van der Waals surface area contributed by atoms with Crippen LogP contribution in [0.1, 0.15) is 22.8 Å². The number of rotatable bonds is 5. The molecular weight excluding hydrogens is 360 g/mol. The van der Waals surface area contributed by atoms with Crippen molar-refractivity contribution in [2.45, 2.75) is 13.8 Å². The number of aryl methyl sites for hydroxylation is 1. The number of carbonyl (C=O) groups is 1. The molecule has 4 rings (SSSR count). The SMILES string of the molecule is CCOc1cccc2cc(-c3csc(NC(=O)c4ccc(C)cc4)n3)oc12. The minimum absolute atomic E-state index is 0.181. The zero-order valence-corrected chi connectivity index (χ0v) is 15.8. The predicted molar refractivity (Wildman–Crippen MR) is 108 cm³/mol. The predicted octanol–water partition coefficient (Wildman–Crippen LogP) is 5.52. The van der Waals surface area contributed by atoms with Gasteiger partial charge in [0.15, 0.2) is 22.2 Å². The van der Waals surface area contributed by atoms with Gasteiger partial charge < -0.3 is 9.15 Å². The van der Waals surface area contributed by atoms with E-state index in [1.807, 2.05) is 55.6 Å². The second-order valence-electron chi connectivity index (χ2n) is 6.08. The fourth-order valence-corrected chi connectivity index (χ4v) is 3.45. The molecule has 0 aliphatic heterocycles. The number of nitrogens with one attached hydrogen (secondary N) is 1. The summed E-state index contributed by atoms with van der Waals surface area (Å²) >= 11 is 1.36. The smallest absolute Gasteiger partial charge is 0.257 e. The summed E-state index contributed by atoms with van der Waals surface area (Å²) in [5.74, 6) is 1.17. The first-order valence-electron chi connectivity index (χ1n) is 8.63. The number of fused-ring (bicyclic) bond motifs is 1. The van der Waals surface area contributed by atoms with Crippen molar-refractivity contribution in [3.63, 3.8) is 0 Å². The number of benzene rings is 2. The number of aromatic nitrogens is 1. The molecule has 0 saturated carbocycles. The van der Waals surface area contributed by atoms with E-state index in [2.05, 4.69) is 10.3 Å². The van der Waals surface area contributed by atoms with Gasteiger partial charge in [-0.3, -0.25) is 10.1 Å². The number of hydrogen-bond acceptors (Lipinski definition) is 5. The summed E-state index contributed by atoms with van der Waals surface area (Å²) in [6.07, 6.45) is 0. The second kappa shape index (κ2) is 7.25. The number of furan rings is 1. The third kappa shape index (κ3) is 3.57. The maximum absolute atomic E-state index is 12.3. The first kappa shape index (κ1) is 17.3. The van der Waals surface area contributed by atoms with E-state index >= 15 is 0 Å². The Balaban J connectivity index is 1.57. The van der Waals surface area contributed by atoms with Gasteiger partial charge in [0.1, 0.15) is 5.69 Å². The molecule has 0 aliphatic rings. The number of ether oxygens (including phenoxy) is 1. The van der Waals surface area contributed by atoms with Gasteiger partial charge in [-0.15, -0.1) is 11.3 Å². The average Bonchev–Trinajstić information content (AvgIpc) is 3.29. The van der Waals surface area contributed by atoms with Crippen molar-refractivity contribution in [2.75, 3.05) is 11.9 Å². The van der Waals surface area contributed by atoms with Crippen LogP contribution in [0.2, 0.25) is 0 Å². The van der Waals surface area contributed by atoms with E-state index in [-0.39, 0.29) is 5.91 Å². The molecule has 136 valence electrons. The van der Waals surface area contributed by atoms with Gasteiger partial charge in [0, 0.05) is 16.3 Å². The van der Waals surface area contributed by atoms with Gasteiger partial charge in [0.25, 0.3) is 5.91 Å². The summed E-state index contributed by atoms with van der Waals surface area (Å²) in [5, 5.41) is 6.18. The van der Waals surface area contributed by atoms with Gasteiger partial charge in [-0.25, -0.2) is 4.98 Å². The summed E-state index contributed by atoms with van der Waals surface area (Å²) in [5.41, 5.74) is 3.09. The van der Waals surface area contributed by atoms with Crippen molar-refractivity contribution in [1.29, 1.82) is 0 Å². The molecule has 0 spiro atoms. The van der Waals surface area contributed by atoms with Gasteiger partial charge in [-0.1, -0.05) is 29.8 Å². The van der Waals surface area contributed by atoms with Crippen LogP contribution in [-0.2, 0) is 0 Å². The zero-order valence-electron chi connectivity index (χ0n) is 15.0. The Kier molecular flexibility index (Phi) is 4.64. The van der Waals surface area contributed by atoms with Crippen LogP contribution in [0.15, 0.2) is 58.3 Å². The molecule has 1 N–H and O–H groups in total. The number of thiazole rings is 1. The molecule has 2 heterocycles. The van der Waals surface area contributed by atoms with E-state index in [1.54, 1.807) is 12.1 Å². The fraction of sp³-hybridized carbons (Fsp3) is 0.143. The summed E-state index contributed by atoms with van der Waals surface area (Å²) < 4.78 is 11.6. The number of hydrogen-bond donors (Lipinski definition) is 1. The van der Waals surface area contributed by atoms with Crippen molar-refractivity contribution in [3.05, 3.63) is 65.0 Å². The van der Waals surface area contributed by atoms with Crippen molar-refractivity contribution >= 4 is 33.3 Å². The summed E-state index contributed by atoms with van der Waals surface area (Å²) in [6.45, 7) is 4.49. The number of para-hydroxylation sites is 1. The summed E-state index contributed by atoms with van der Waals surface area (Å²) in [7, 11) is 0. The van der Waals surface area contributed by atoms with Crippen LogP contribution < -0.4 is 10.1 Å². The topological polar surface area (TPSA) is 64.4 Å². The number of nitrogens with zero attached hydrogens (tertiary/aromatic N) is 1. The second-order valence-corrected chi connectivity index (χ2v) is 6.93. The van der Waals surface area contributed by atoms with Crippen LogP contribution in [0.25, 0.3) is 22.4 Å². The van der Waals surface area contributed by atoms with Crippen LogP contribution in [0.4, 0.5) is 5.13 Å². The Labute approximate surface area is 160 Å². The van der Waals surface area contributed by atoms with E-state index in [1.165, 1.54) is 11.3 Å². The number of amides is 1. The molecule has 4 aromatic rings. The van der Waals surface area contributed by atoms with Crippen LogP contribution >= 0.6 is 11.3 Å². The molecule has 0 radical (unpaired) electrons. The Morgan fingerprint density at radius 1 is 1.22 bits per heavy atom. The van der Waals surface area contributed by atoms with Crippen molar-refractivity contribution in [2.24, 2.45) is 0 Å². The lowest BCUT2D eigenvalue weighted by Crippen LogP contribution is -2.11. The zero-order chi connectivity index (χ0) is 18.8. The van der Waals surface area contributed by atoms with E-state index in [0.29, 0.717) is 40.1 Å². The van der Waals surface area contributed by atoms with Gasteiger partial charge in [0.05, 0.1) is 6.61 Å². The van der Waals surface area contributed by atoms with Crippen LogP contribution in [0, 0.1) is 6.92 Å². The van der Waals surface area contributed by atoms with E-state index in [4.69, 9.17) is 9.15 Å². The maximum atomic E-state index is 12.3. The highest BCUT2D eigenvalue weighted by Gasteiger charge is 2.14. The highest BCUT2D eigenvalue weighted by molar-refractivity contribution is 7.14. The van der Waals surface area contributed by atoms with Crippen molar-refractivity contribution in [1.82, 2.24) is 4.98 Å². The molecule has 2 aromatic carbocycles. The summed E-state index contributed by atoms with van der Waals surface area (Å²) in [6, 6.07) is 15.1. The molecule has 0 saturated heterocycles. The minimum atomic E-state index is -0.181. The third-order valence-corrected chi connectivity index (χ3v) is 4.86. The average molecular weight is 378 g/mol. The molecule has 6 heteroatoms. The molecule has 0 atom stereocenters. The first-order valence-corrected chi connectivity index (χ1v) is 9.51. The van der Waals surface area contributed by atoms with Gasteiger partial charge in [-0.05, 0) is 38.1 Å². The van der Waals surface area contributed by atoms with Crippen molar-refractivity contribution < 1.29 is 13.9 Å². The van der Waals surface area contributed by atoms with Crippen LogP contribution in [0.5, 0.6) is 5.75 Å². The third-order valence-electron chi connectivity index (χ3n) is 4.10. The lowest BCUT2D eigenvalue weighted by Gasteiger charge is -2.02. The largest absolute Gasteiger partial charge is 0.490 e. The molecule has 0 aliphatic carbocycles. The molecule has 2 aromatic heterocycles. The highest BCUT2D eigenvalue weighted by atomic mass is 32.1. The van der Waals surface area contributed by atoms with E-state index in [0.717, 1.165) is 10.9 Å². The van der Waals surface area contributed by atoms with E-state index < -0.39 is 0 Å².